The van der Waals surface area contributed by atoms with Crippen molar-refractivity contribution in [2.24, 2.45) is 0 Å². The highest BCUT2D eigenvalue weighted by atomic mass is 32.2. The molecule has 0 bridgehead atoms. The zero-order valence-corrected chi connectivity index (χ0v) is 17.8. The number of benzene rings is 1. The molecule has 3 rings (SSSR count). The molecule has 11 heteroatoms. The van der Waals surface area contributed by atoms with Gasteiger partial charge in [0, 0.05) is 19.1 Å². The molecule has 0 saturated carbocycles. The molecule has 2 heterocycles. The third-order valence-corrected chi connectivity index (χ3v) is 8.85. The second kappa shape index (κ2) is 7.61. The molecule has 0 N–H and O–H groups in total. The van der Waals surface area contributed by atoms with Gasteiger partial charge in [-0.05, 0) is 50.1 Å². The number of aromatic nitrogens is 1. The fourth-order valence-electron chi connectivity index (χ4n) is 3.33. The lowest BCUT2D eigenvalue weighted by atomic mass is 9.94. The first kappa shape index (κ1) is 22.7. The molecule has 1 aliphatic rings. The average Bonchev–Trinajstić information content (AvgIpc) is 2.67. The summed E-state index contributed by atoms with van der Waals surface area (Å²) in [4.78, 5) is 3.70. The summed E-state index contributed by atoms with van der Waals surface area (Å²) < 4.78 is 93.0. The topological polar surface area (TPSA) is 90.4 Å². The number of hydrogen-bond acceptors (Lipinski definition) is 6. The van der Waals surface area contributed by atoms with Gasteiger partial charge in [0.1, 0.15) is 6.10 Å². The van der Waals surface area contributed by atoms with Crippen molar-refractivity contribution in [1.82, 2.24) is 4.98 Å². The Kier molecular flexibility index (Phi) is 5.76. The van der Waals surface area contributed by atoms with Crippen LogP contribution in [0.2, 0.25) is 0 Å². The van der Waals surface area contributed by atoms with Crippen LogP contribution in [0.25, 0.3) is 0 Å². The number of hydrogen-bond donors (Lipinski definition) is 0. The van der Waals surface area contributed by atoms with Crippen molar-refractivity contribution < 1.29 is 34.7 Å². The van der Waals surface area contributed by atoms with Crippen LogP contribution in [0.3, 0.4) is 0 Å². The van der Waals surface area contributed by atoms with Crippen LogP contribution in [-0.2, 0) is 30.6 Å². The van der Waals surface area contributed by atoms with Crippen LogP contribution >= 0.6 is 0 Å². The van der Waals surface area contributed by atoms with Gasteiger partial charge < -0.3 is 4.74 Å². The summed E-state index contributed by atoms with van der Waals surface area (Å²) in [7, 11) is -7.56. The summed E-state index contributed by atoms with van der Waals surface area (Å²) in [5.74, 6) is 0. The van der Waals surface area contributed by atoms with Crippen molar-refractivity contribution >= 4 is 19.7 Å². The Morgan fingerprint density at radius 2 is 1.80 bits per heavy atom. The molecule has 1 saturated heterocycles. The first-order valence-corrected chi connectivity index (χ1v) is 12.3. The minimum atomic E-state index is -4.66. The number of alkyl halides is 3. The molecule has 0 radical (unpaired) electrons. The van der Waals surface area contributed by atoms with Gasteiger partial charge in [-0.1, -0.05) is 6.07 Å². The summed E-state index contributed by atoms with van der Waals surface area (Å²) in [6.45, 7) is 1.54. The number of sulfone groups is 2. The van der Waals surface area contributed by atoms with E-state index in [0.717, 1.165) is 24.5 Å². The Morgan fingerprint density at radius 1 is 1.10 bits per heavy atom. The van der Waals surface area contributed by atoms with Crippen molar-refractivity contribution in [1.29, 1.82) is 0 Å². The molecule has 2 atom stereocenters. The molecule has 0 spiro atoms. The molecule has 2 aromatic rings. The van der Waals surface area contributed by atoms with E-state index in [2.05, 4.69) is 4.98 Å². The van der Waals surface area contributed by atoms with Crippen LogP contribution in [0, 0.1) is 0 Å². The Balaban J connectivity index is 1.92. The minimum Gasteiger partial charge on any atom is -0.372 e. The lowest BCUT2D eigenvalue weighted by Gasteiger charge is -2.37. The summed E-state index contributed by atoms with van der Waals surface area (Å²) in [6, 6.07) is 6.49. The van der Waals surface area contributed by atoms with Crippen LogP contribution in [0.4, 0.5) is 13.2 Å². The van der Waals surface area contributed by atoms with Gasteiger partial charge in [-0.3, -0.25) is 4.98 Å². The maximum Gasteiger partial charge on any atom is 0.416 e. The third-order valence-electron chi connectivity index (χ3n) is 5.20. The second-order valence-corrected chi connectivity index (χ2v) is 12.0. The fraction of sp³-hybridized carbons (Fsp3) is 0.421. The summed E-state index contributed by atoms with van der Waals surface area (Å²) in [5, 5.41) is 0. The lowest BCUT2D eigenvalue weighted by molar-refractivity contribution is -0.137. The van der Waals surface area contributed by atoms with Gasteiger partial charge in [0.25, 0.3) is 0 Å². The van der Waals surface area contributed by atoms with E-state index in [0.29, 0.717) is 11.8 Å². The normalized spacial score (nSPS) is 23.3. The summed E-state index contributed by atoms with van der Waals surface area (Å²) in [5.41, 5.74) is -0.679. The van der Waals surface area contributed by atoms with E-state index in [1.165, 1.54) is 25.3 Å². The Bertz CT molecular complexity index is 1150. The van der Waals surface area contributed by atoms with Gasteiger partial charge in [-0.25, -0.2) is 16.8 Å². The predicted molar refractivity (Wildman–Crippen MR) is 102 cm³/mol. The first-order chi connectivity index (χ1) is 13.7. The molecule has 30 heavy (non-hydrogen) atoms. The smallest absolute Gasteiger partial charge is 0.372 e. The van der Waals surface area contributed by atoms with Crippen LogP contribution in [0.5, 0.6) is 0 Å². The molecule has 1 aliphatic heterocycles. The maximum atomic E-state index is 13.2. The van der Waals surface area contributed by atoms with Gasteiger partial charge >= 0.3 is 6.18 Å². The number of rotatable bonds is 4. The standard InChI is InChI=1S/C19H20F3NO5S2/c1-18(30(26,27)14-5-3-4-13(10-14)19(20,21)22)8-9-28-17(11-18)16-7-6-15(12-23-16)29(2,24)25/h3-7,10,12,17H,8-9,11H2,1-2H3. The van der Waals surface area contributed by atoms with Crippen molar-refractivity contribution in [3.05, 3.63) is 53.9 Å². The monoisotopic (exact) mass is 463 g/mol. The number of pyridine rings is 1. The molecule has 0 aliphatic carbocycles. The Hall–Kier alpha value is -1.98. The molecule has 2 unspecified atom stereocenters. The van der Waals surface area contributed by atoms with E-state index in [1.807, 2.05) is 0 Å². The third kappa shape index (κ3) is 4.37. The van der Waals surface area contributed by atoms with Gasteiger partial charge in [0.15, 0.2) is 19.7 Å². The lowest BCUT2D eigenvalue weighted by Crippen LogP contribution is -2.42. The maximum absolute atomic E-state index is 13.2. The molecule has 1 aromatic heterocycles. The minimum absolute atomic E-state index is 0.0152. The second-order valence-electron chi connectivity index (χ2n) is 7.48. The zero-order valence-electron chi connectivity index (χ0n) is 16.2. The highest BCUT2D eigenvalue weighted by Gasteiger charge is 2.46. The molecular weight excluding hydrogens is 443 g/mol. The van der Waals surface area contributed by atoms with Crippen LogP contribution in [0.15, 0.2) is 52.4 Å². The van der Waals surface area contributed by atoms with Gasteiger partial charge in [-0.2, -0.15) is 13.2 Å². The number of nitrogens with zero attached hydrogens (tertiary/aromatic N) is 1. The molecule has 6 nitrogen and oxygen atoms in total. The molecule has 1 fully saturated rings. The molecule has 1 aromatic carbocycles. The SMILES string of the molecule is CC1(S(=O)(=O)c2cccc(C(F)(F)F)c2)CCOC(c2ccc(S(C)(=O)=O)cn2)C1. The van der Waals surface area contributed by atoms with Crippen molar-refractivity contribution in [3.63, 3.8) is 0 Å². The predicted octanol–water partition coefficient (Wildman–Crippen LogP) is 3.59. The van der Waals surface area contributed by atoms with Crippen molar-refractivity contribution in [2.45, 2.75) is 46.6 Å². The van der Waals surface area contributed by atoms with Crippen LogP contribution < -0.4 is 0 Å². The fourth-order valence-corrected chi connectivity index (χ4v) is 5.72. The van der Waals surface area contributed by atoms with Gasteiger partial charge in [0.05, 0.1) is 25.8 Å². The average molecular weight is 463 g/mol. The van der Waals surface area contributed by atoms with Gasteiger partial charge in [0.2, 0.25) is 0 Å². The largest absolute Gasteiger partial charge is 0.416 e. The number of ether oxygens (including phenoxy) is 1. The Labute approximate surface area is 172 Å². The zero-order chi connectivity index (χ0) is 22.4. The highest BCUT2D eigenvalue weighted by Crippen LogP contribution is 2.42. The number of halogens is 3. The van der Waals surface area contributed by atoms with E-state index < -0.39 is 47.2 Å². The molecule has 0 amide bonds. The van der Waals surface area contributed by atoms with E-state index in [-0.39, 0.29) is 24.3 Å². The summed E-state index contributed by atoms with van der Waals surface area (Å²) in [6.07, 6.45) is -3.12. The first-order valence-electron chi connectivity index (χ1n) is 8.94. The van der Waals surface area contributed by atoms with Crippen LogP contribution in [-0.4, -0.2) is 39.4 Å². The van der Waals surface area contributed by atoms with E-state index in [1.54, 1.807) is 0 Å². The van der Waals surface area contributed by atoms with E-state index >= 15 is 0 Å². The van der Waals surface area contributed by atoms with Crippen molar-refractivity contribution in [2.75, 3.05) is 12.9 Å². The molecule has 164 valence electrons. The quantitative estimate of drug-likeness (QED) is 0.688. The van der Waals surface area contributed by atoms with Gasteiger partial charge in [-0.15, -0.1) is 0 Å². The van der Waals surface area contributed by atoms with E-state index in [4.69, 9.17) is 4.74 Å². The molecular formula is C19H20F3NO5S2. The van der Waals surface area contributed by atoms with E-state index in [9.17, 15) is 30.0 Å². The van der Waals surface area contributed by atoms with Crippen molar-refractivity contribution in [3.8, 4) is 0 Å². The Morgan fingerprint density at radius 3 is 2.37 bits per heavy atom. The highest BCUT2D eigenvalue weighted by molar-refractivity contribution is 7.92. The summed E-state index contributed by atoms with van der Waals surface area (Å²) >= 11 is 0. The van der Waals surface area contributed by atoms with Crippen LogP contribution in [0.1, 0.15) is 37.1 Å².